The van der Waals surface area contributed by atoms with Crippen LogP contribution in [-0.4, -0.2) is 32.6 Å². The Morgan fingerprint density at radius 2 is 1.75 bits per heavy atom. The number of imide groups is 1. The van der Waals surface area contributed by atoms with Crippen LogP contribution in [0.3, 0.4) is 0 Å². The number of ether oxygens (including phenoxy) is 1. The molecule has 2 heterocycles. The van der Waals surface area contributed by atoms with Crippen LogP contribution in [0, 0.1) is 0 Å². The molecular weight excluding hydrogens is 378 g/mol. The molecule has 7 nitrogen and oxygen atoms in total. The second kappa shape index (κ2) is 7.12. The molecule has 1 unspecified atom stereocenters. The number of rotatable bonds is 4. The van der Waals surface area contributed by atoms with E-state index in [1.54, 1.807) is 43.4 Å². The molecule has 2 amide bonds. The van der Waals surface area contributed by atoms with Gasteiger partial charge in [-0.3, -0.25) is 23.9 Å². The Balaban J connectivity index is 1.51. The van der Waals surface area contributed by atoms with Gasteiger partial charge in [-0.25, -0.2) is 4.98 Å². The standard InChI is InChI=1S/C20H17N3O4S/c1-22-16(21-15-6-4-3-5-14(15)18(22)24)11-27-13-9-7-12(8-10-13)17-19(25)23(2)20(26)28-17/h3-10,17H,11H2,1-2H3. The molecule has 0 bridgehead atoms. The first-order chi connectivity index (χ1) is 13.5. The Labute approximate surface area is 164 Å². The first-order valence-electron chi connectivity index (χ1n) is 8.61. The molecular formula is C20H17N3O4S. The zero-order chi connectivity index (χ0) is 19.8. The lowest BCUT2D eigenvalue weighted by Crippen LogP contribution is -2.24. The highest BCUT2D eigenvalue weighted by Gasteiger charge is 2.38. The number of aromatic nitrogens is 2. The summed E-state index contributed by atoms with van der Waals surface area (Å²) in [6, 6.07) is 14.2. The fraction of sp³-hybridized carbons (Fsp3) is 0.200. The number of amides is 2. The van der Waals surface area contributed by atoms with Crippen molar-refractivity contribution in [2.24, 2.45) is 7.05 Å². The molecule has 1 aliphatic rings. The third-order valence-corrected chi connectivity index (χ3v) is 5.86. The fourth-order valence-corrected chi connectivity index (χ4v) is 3.99. The van der Waals surface area contributed by atoms with Gasteiger partial charge in [-0.2, -0.15) is 0 Å². The minimum absolute atomic E-state index is 0.120. The van der Waals surface area contributed by atoms with Crippen molar-refractivity contribution >= 4 is 33.8 Å². The molecule has 1 saturated heterocycles. The zero-order valence-electron chi connectivity index (χ0n) is 15.3. The molecule has 1 aromatic heterocycles. The third-order valence-electron chi connectivity index (χ3n) is 4.67. The zero-order valence-corrected chi connectivity index (χ0v) is 16.1. The predicted octanol–water partition coefficient (Wildman–Crippen LogP) is 2.88. The van der Waals surface area contributed by atoms with Gasteiger partial charge in [0.2, 0.25) is 5.91 Å². The summed E-state index contributed by atoms with van der Waals surface area (Å²) in [6.07, 6.45) is 0. The average Bonchev–Trinajstić information content (AvgIpc) is 2.97. The van der Waals surface area contributed by atoms with Crippen LogP contribution in [0.15, 0.2) is 53.3 Å². The number of nitrogens with zero attached hydrogens (tertiary/aromatic N) is 3. The van der Waals surface area contributed by atoms with Crippen LogP contribution in [0.25, 0.3) is 10.9 Å². The van der Waals surface area contributed by atoms with Gasteiger partial charge >= 0.3 is 0 Å². The van der Waals surface area contributed by atoms with E-state index < -0.39 is 5.25 Å². The van der Waals surface area contributed by atoms with Gasteiger partial charge in [0.05, 0.1) is 10.9 Å². The number of carbonyl (C=O) groups is 2. The molecule has 0 saturated carbocycles. The van der Waals surface area contributed by atoms with Gasteiger partial charge in [0.1, 0.15) is 23.4 Å². The molecule has 4 rings (SSSR count). The van der Waals surface area contributed by atoms with E-state index in [1.807, 2.05) is 12.1 Å². The van der Waals surface area contributed by atoms with E-state index in [1.165, 1.54) is 11.6 Å². The molecule has 28 heavy (non-hydrogen) atoms. The molecule has 1 fully saturated rings. The van der Waals surface area contributed by atoms with Crippen molar-refractivity contribution in [2.75, 3.05) is 7.05 Å². The number of carbonyl (C=O) groups excluding carboxylic acids is 2. The quantitative estimate of drug-likeness (QED) is 0.676. The Bertz CT molecular complexity index is 1140. The summed E-state index contributed by atoms with van der Waals surface area (Å²) in [6.45, 7) is 0.133. The summed E-state index contributed by atoms with van der Waals surface area (Å²) < 4.78 is 7.25. The van der Waals surface area contributed by atoms with Crippen molar-refractivity contribution in [3.05, 3.63) is 70.3 Å². The lowest BCUT2D eigenvalue weighted by molar-refractivity contribution is -0.125. The van der Waals surface area contributed by atoms with Gasteiger partial charge in [0, 0.05) is 14.1 Å². The van der Waals surface area contributed by atoms with Crippen molar-refractivity contribution in [1.29, 1.82) is 0 Å². The number of thioether (sulfide) groups is 1. The van der Waals surface area contributed by atoms with E-state index in [9.17, 15) is 14.4 Å². The lowest BCUT2D eigenvalue weighted by Gasteiger charge is -2.12. The highest BCUT2D eigenvalue weighted by Crippen LogP contribution is 2.38. The summed E-state index contributed by atoms with van der Waals surface area (Å²) >= 11 is 1.00. The van der Waals surface area contributed by atoms with Crippen molar-refractivity contribution < 1.29 is 14.3 Å². The van der Waals surface area contributed by atoms with Gasteiger partial charge in [-0.1, -0.05) is 24.3 Å². The molecule has 8 heteroatoms. The van der Waals surface area contributed by atoms with Crippen molar-refractivity contribution in [3.8, 4) is 5.75 Å². The second-order valence-electron chi connectivity index (χ2n) is 6.43. The van der Waals surface area contributed by atoms with Crippen LogP contribution < -0.4 is 10.3 Å². The topological polar surface area (TPSA) is 81.5 Å². The second-order valence-corrected chi connectivity index (χ2v) is 7.48. The maximum atomic E-state index is 12.4. The van der Waals surface area contributed by atoms with E-state index in [0.29, 0.717) is 22.5 Å². The van der Waals surface area contributed by atoms with Crippen LogP contribution in [0.2, 0.25) is 0 Å². The number of likely N-dealkylation sites (N-methyl/N-ethyl adjacent to an activating group) is 1. The summed E-state index contributed by atoms with van der Waals surface area (Å²) in [5, 5.41) is -0.204. The van der Waals surface area contributed by atoms with E-state index in [4.69, 9.17) is 4.74 Å². The first-order valence-corrected chi connectivity index (χ1v) is 9.49. The predicted molar refractivity (Wildman–Crippen MR) is 106 cm³/mol. The normalized spacial score (nSPS) is 16.8. The molecule has 0 aliphatic carbocycles. The van der Waals surface area contributed by atoms with E-state index >= 15 is 0 Å². The van der Waals surface area contributed by atoms with Gasteiger partial charge in [-0.15, -0.1) is 0 Å². The molecule has 142 valence electrons. The van der Waals surface area contributed by atoms with Gasteiger partial charge in [0.15, 0.2) is 0 Å². The van der Waals surface area contributed by atoms with Crippen molar-refractivity contribution in [2.45, 2.75) is 11.9 Å². The Morgan fingerprint density at radius 3 is 2.43 bits per heavy atom. The highest BCUT2D eigenvalue weighted by molar-refractivity contribution is 8.14. The molecule has 3 aromatic rings. The van der Waals surface area contributed by atoms with E-state index in [2.05, 4.69) is 4.98 Å². The molecule has 1 atom stereocenters. The smallest absolute Gasteiger partial charge is 0.289 e. The monoisotopic (exact) mass is 395 g/mol. The minimum atomic E-state index is -0.519. The first kappa shape index (κ1) is 18.2. The van der Waals surface area contributed by atoms with Gasteiger partial charge < -0.3 is 4.74 Å². The summed E-state index contributed by atoms with van der Waals surface area (Å²) in [5.74, 6) is 0.877. The SMILES string of the molecule is CN1C(=O)SC(c2ccc(OCc3nc4ccccc4c(=O)n3C)cc2)C1=O. The van der Waals surface area contributed by atoms with Crippen molar-refractivity contribution in [3.63, 3.8) is 0 Å². The van der Waals surface area contributed by atoms with Crippen LogP contribution in [0.5, 0.6) is 5.75 Å². The largest absolute Gasteiger partial charge is 0.486 e. The molecule has 2 aromatic carbocycles. The highest BCUT2D eigenvalue weighted by atomic mass is 32.2. The number of para-hydroxylation sites is 1. The van der Waals surface area contributed by atoms with E-state index in [-0.39, 0.29) is 23.3 Å². The Hall–Kier alpha value is -3.13. The lowest BCUT2D eigenvalue weighted by atomic mass is 10.1. The third kappa shape index (κ3) is 3.16. The molecule has 0 N–H and O–H groups in total. The number of hydrogen-bond donors (Lipinski definition) is 0. The molecule has 1 aliphatic heterocycles. The van der Waals surface area contributed by atoms with Crippen LogP contribution in [0.4, 0.5) is 4.79 Å². The summed E-state index contributed by atoms with van der Waals surface area (Å²) in [7, 11) is 3.15. The minimum Gasteiger partial charge on any atom is -0.486 e. The summed E-state index contributed by atoms with van der Waals surface area (Å²) in [5.41, 5.74) is 1.26. The Morgan fingerprint density at radius 1 is 1.04 bits per heavy atom. The number of fused-ring (bicyclic) bond motifs is 1. The Kier molecular flexibility index (Phi) is 4.64. The molecule has 0 spiro atoms. The number of benzene rings is 2. The average molecular weight is 395 g/mol. The van der Waals surface area contributed by atoms with Crippen LogP contribution in [-0.2, 0) is 18.4 Å². The molecule has 0 radical (unpaired) electrons. The van der Waals surface area contributed by atoms with Gasteiger partial charge in [-0.05, 0) is 41.6 Å². The van der Waals surface area contributed by atoms with Crippen LogP contribution in [0.1, 0.15) is 16.6 Å². The summed E-state index contributed by atoms with van der Waals surface area (Å²) in [4.78, 5) is 41.8. The maximum absolute atomic E-state index is 12.4. The van der Waals surface area contributed by atoms with E-state index in [0.717, 1.165) is 22.2 Å². The van der Waals surface area contributed by atoms with Gasteiger partial charge in [0.25, 0.3) is 10.8 Å². The van der Waals surface area contributed by atoms with Crippen molar-refractivity contribution in [1.82, 2.24) is 14.5 Å². The fourth-order valence-electron chi connectivity index (χ4n) is 2.99. The van der Waals surface area contributed by atoms with Crippen LogP contribution >= 0.6 is 11.8 Å². The number of hydrogen-bond acceptors (Lipinski definition) is 6. The maximum Gasteiger partial charge on any atom is 0.289 e.